The van der Waals surface area contributed by atoms with E-state index in [1.54, 1.807) is 6.92 Å². The second-order valence-electron chi connectivity index (χ2n) is 7.60. The summed E-state index contributed by atoms with van der Waals surface area (Å²) in [7, 11) is 0. The molecule has 4 bridgehead atoms. The summed E-state index contributed by atoms with van der Waals surface area (Å²) in [5.41, 5.74) is -1.11. The molecule has 2 unspecified atom stereocenters. The quantitative estimate of drug-likeness (QED) is 0.616. The number of aliphatic hydroxyl groups is 1. The first kappa shape index (κ1) is 13.2. The summed E-state index contributed by atoms with van der Waals surface area (Å²) < 4.78 is 5.89. The van der Waals surface area contributed by atoms with Crippen molar-refractivity contribution in [1.29, 1.82) is 0 Å². The summed E-state index contributed by atoms with van der Waals surface area (Å²) in [5, 5.41) is 11.0. The number of carbonyl (C=O) groups excluding carboxylic acids is 1. The van der Waals surface area contributed by atoms with E-state index in [1.807, 2.05) is 0 Å². The van der Waals surface area contributed by atoms with Crippen LogP contribution in [0.2, 0.25) is 0 Å². The third-order valence-corrected chi connectivity index (χ3v) is 6.10. The Morgan fingerprint density at radius 3 is 2.21 bits per heavy atom. The summed E-state index contributed by atoms with van der Waals surface area (Å²) in [6, 6.07) is 0. The monoisotopic (exact) mass is 264 g/mol. The zero-order valence-electron chi connectivity index (χ0n) is 12.2. The van der Waals surface area contributed by atoms with Crippen LogP contribution in [-0.2, 0) is 9.53 Å². The molecule has 0 heterocycles. The van der Waals surface area contributed by atoms with Gasteiger partial charge in [0.1, 0.15) is 5.60 Å². The van der Waals surface area contributed by atoms with Crippen molar-refractivity contribution >= 4 is 5.97 Å². The second kappa shape index (κ2) is 3.63. The number of rotatable bonds is 2. The van der Waals surface area contributed by atoms with E-state index in [9.17, 15) is 9.90 Å². The highest BCUT2D eigenvalue weighted by molar-refractivity contribution is 5.87. The molecule has 0 aromatic rings. The minimum absolute atomic E-state index is 0.307. The molecule has 4 aliphatic rings. The van der Waals surface area contributed by atoms with E-state index in [0.29, 0.717) is 17.4 Å². The highest BCUT2D eigenvalue weighted by Crippen LogP contribution is 2.67. The van der Waals surface area contributed by atoms with Gasteiger partial charge in [0, 0.05) is 11.0 Å². The summed E-state index contributed by atoms with van der Waals surface area (Å²) in [6.07, 6.45) is 4.71. The van der Waals surface area contributed by atoms with Crippen molar-refractivity contribution < 1.29 is 14.6 Å². The number of esters is 1. The molecule has 4 aliphatic carbocycles. The predicted molar refractivity (Wildman–Crippen MR) is 72.4 cm³/mol. The molecule has 106 valence electrons. The van der Waals surface area contributed by atoms with Gasteiger partial charge in [-0.15, -0.1) is 0 Å². The summed E-state index contributed by atoms with van der Waals surface area (Å²) in [5.74, 6) is 0.700. The first-order valence-corrected chi connectivity index (χ1v) is 7.30. The van der Waals surface area contributed by atoms with E-state index in [2.05, 4.69) is 20.4 Å². The van der Waals surface area contributed by atoms with Gasteiger partial charge in [0.15, 0.2) is 0 Å². The van der Waals surface area contributed by atoms with Gasteiger partial charge in [-0.3, -0.25) is 0 Å². The lowest BCUT2D eigenvalue weighted by Crippen LogP contribution is -2.71. The van der Waals surface area contributed by atoms with Crippen LogP contribution in [0, 0.1) is 17.3 Å². The molecule has 4 fully saturated rings. The molecule has 1 N–H and O–H groups in total. The molecule has 4 saturated carbocycles. The Hall–Kier alpha value is -0.830. The van der Waals surface area contributed by atoms with Gasteiger partial charge < -0.3 is 9.84 Å². The van der Waals surface area contributed by atoms with E-state index in [1.165, 1.54) is 6.42 Å². The Labute approximate surface area is 115 Å². The van der Waals surface area contributed by atoms with Crippen molar-refractivity contribution in [2.75, 3.05) is 0 Å². The van der Waals surface area contributed by atoms with E-state index in [0.717, 1.165) is 25.7 Å². The maximum atomic E-state index is 12.0. The van der Waals surface area contributed by atoms with Gasteiger partial charge in [-0.25, -0.2) is 4.79 Å². The second-order valence-corrected chi connectivity index (χ2v) is 7.60. The van der Waals surface area contributed by atoms with Gasteiger partial charge in [0.2, 0.25) is 0 Å². The van der Waals surface area contributed by atoms with Crippen molar-refractivity contribution in [3.8, 4) is 0 Å². The molecule has 0 aromatic heterocycles. The van der Waals surface area contributed by atoms with Gasteiger partial charge in [-0.2, -0.15) is 0 Å². The number of hydrogen-bond donors (Lipinski definition) is 1. The Morgan fingerprint density at radius 2 is 1.74 bits per heavy atom. The molecule has 2 atom stereocenters. The van der Waals surface area contributed by atoms with Crippen molar-refractivity contribution in [3.05, 3.63) is 12.2 Å². The van der Waals surface area contributed by atoms with E-state index >= 15 is 0 Å². The average Bonchev–Trinajstić information content (AvgIpc) is 2.24. The van der Waals surface area contributed by atoms with Crippen LogP contribution in [0.4, 0.5) is 0 Å². The van der Waals surface area contributed by atoms with Gasteiger partial charge >= 0.3 is 5.97 Å². The molecular formula is C16H24O3. The molecule has 0 spiro atoms. The van der Waals surface area contributed by atoms with Crippen LogP contribution >= 0.6 is 0 Å². The zero-order valence-corrected chi connectivity index (χ0v) is 12.2. The fourth-order valence-corrected chi connectivity index (χ4v) is 4.92. The van der Waals surface area contributed by atoms with Crippen LogP contribution in [0.25, 0.3) is 0 Å². The molecule has 3 heteroatoms. The summed E-state index contributed by atoms with van der Waals surface area (Å²) in [6.45, 7) is 9.50. The maximum Gasteiger partial charge on any atom is 0.333 e. The standard InChI is InChI=1S/C16H24O3/c1-10(2)13(17)19-16-8-11-5-12(9-16)7-15(18,6-11)14(16,3)4/h11-12,18H,1,5-9H2,2-4H3. The first-order chi connectivity index (χ1) is 8.69. The van der Waals surface area contributed by atoms with E-state index < -0.39 is 11.2 Å². The normalized spacial score (nSPS) is 46.1. The molecule has 3 nitrogen and oxygen atoms in total. The van der Waals surface area contributed by atoms with Crippen molar-refractivity contribution in [3.63, 3.8) is 0 Å². The molecule has 0 amide bonds. The molecule has 0 saturated heterocycles. The number of carbonyl (C=O) groups is 1. The van der Waals surface area contributed by atoms with E-state index in [4.69, 9.17) is 4.74 Å². The van der Waals surface area contributed by atoms with Gasteiger partial charge in [0.05, 0.1) is 5.60 Å². The minimum atomic E-state index is -0.674. The van der Waals surface area contributed by atoms with Gasteiger partial charge in [-0.1, -0.05) is 20.4 Å². The Balaban J connectivity index is 1.99. The largest absolute Gasteiger partial charge is 0.455 e. The van der Waals surface area contributed by atoms with Gasteiger partial charge in [-0.05, 0) is 50.9 Å². The fraction of sp³-hybridized carbons (Fsp3) is 0.812. The highest BCUT2D eigenvalue weighted by atomic mass is 16.6. The third kappa shape index (κ3) is 1.57. The summed E-state index contributed by atoms with van der Waals surface area (Å²) >= 11 is 0. The minimum Gasteiger partial charge on any atom is -0.455 e. The first-order valence-electron chi connectivity index (χ1n) is 7.30. The topological polar surface area (TPSA) is 46.5 Å². The van der Waals surface area contributed by atoms with Crippen molar-refractivity contribution in [2.45, 2.75) is 64.1 Å². The van der Waals surface area contributed by atoms with Crippen LogP contribution < -0.4 is 0 Å². The molecule has 0 aliphatic heterocycles. The van der Waals surface area contributed by atoms with Crippen LogP contribution in [0.5, 0.6) is 0 Å². The lowest BCUT2D eigenvalue weighted by molar-refractivity contribution is -0.290. The van der Waals surface area contributed by atoms with Crippen LogP contribution in [-0.4, -0.2) is 22.3 Å². The Kier molecular flexibility index (Phi) is 2.52. The van der Waals surface area contributed by atoms with Crippen LogP contribution in [0.3, 0.4) is 0 Å². The fourth-order valence-electron chi connectivity index (χ4n) is 4.92. The third-order valence-electron chi connectivity index (χ3n) is 6.10. The zero-order chi connectivity index (χ0) is 14.1. The van der Waals surface area contributed by atoms with Crippen molar-refractivity contribution in [2.24, 2.45) is 17.3 Å². The molecule has 0 radical (unpaired) electrons. The molecule has 0 aromatic carbocycles. The maximum absolute atomic E-state index is 12.0. The lowest BCUT2D eigenvalue weighted by Gasteiger charge is -2.68. The smallest absolute Gasteiger partial charge is 0.333 e. The molecular weight excluding hydrogens is 240 g/mol. The van der Waals surface area contributed by atoms with Crippen LogP contribution in [0.1, 0.15) is 52.9 Å². The van der Waals surface area contributed by atoms with Crippen molar-refractivity contribution in [1.82, 2.24) is 0 Å². The highest BCUT2D eigenvalue weighted by Gasteiger charge is 2.69. The van der Waals surface area contributed by atoms with E-state index in [-0.39, 0.29) is 11.4 Å². The van der Waals surface area contributed by atoms with Gasteiger partial charge in [0.25, 0.3) is 0 Å². The summed E-state index contributed by atoms with van der Waals surface area (Å²) in [4.78, 5) is 12.0. The van der Waals surface area contributed by atoms with Crippen LogP contribution in [0.15, 0.2) is 12.2 Å². The molecule has 19 heavy (non-hydrogen) atoms. The Bertz CT molecular complexity index is 435. The lowest BCUT2D eigenvalue weighted by atomic mass is 9.42. The number of ether oxygens (including phenoxy) is 1. The number of hydrogen-bond acceptors (Lipinski definition) is 3. The predicted octanol–water partition coefficient (Wildman–Crippen LogP) is 2.83. The molecule has 4 rings (SSSR count). The Morgan fingerprint density at radius 1 is 1.21 bits per heavy atom. The average molecular weight is 264 g/mol. The SMILES string of the molecule is C=C(C)C(=O)OC12CC3CC(CC(O)(C3)C1(C)C)C2.